The van der Waals surface area contributed by atoms with E-state index in [0.717, 1.165) is 33.6 Å². The summed E-state index contributed by atoms with van der Waals surface area (Å²) < 4.78 is 8.35. The van der Waals surface area contributed by atoms with E-state index in [0.29, 0.717) is 6.54 Å². The molecule has 0 unspecified atom stereocenters. The third kappa shape index (κ3) is 3.53. The van der Waals surface area contributed by atoms with Gasteiger partial charge in [-0.1, -0.05) is 5.16 Å². The SMILES string of the molecule is Cc1cc(Cn2cc(-c3cc4c(ccn4OC(=O)C(C)(C)C)cn3)cn2)no1. The molecule has 0 N–H and O–H groups in total. The Morgan fingerprint density at radius 2 is 2.07 bits per heavy atom. The molecule has 8 nitrogen and oxygen atoms in total. The van der Waals surface area contributed by atoms with Crippen LogP contribution in [0.4, 0.5) is 0 Å². The maximum atomic E-state index is 12.2. The van der Waals surface area contributed by atoms with Crippen LogP contribution < -0.4 is 4.84 Å². The Labute approximate surface area is 161 Å². The molecule has 4 heterocycles. The monoisotopic (exact) mass is 379 g/mol. The van der Waals surface area contributed by atoms with Gasteiger partial charge in [-0.25, -0.2) is 4.79 Å². The fourth-order valence-corrected chi connectivity index (χ4v) is 2.71. The van der Waals surface area contributed by atoms with Crippen molar-refractivity contribution in [2.45, 2.75) is 34.2 Å². The molecule has 0 saturated heterocycles. The predicted octanol–water partition coefficient (Wildman–Crippen LogP) is 3.25. The summed E-state index contributed by atoms with van der Waals surface area (Å²) in [4.78, 5) is 22.2. The van der Waals surface area contributed by atoms with E-state index in [9.17, 15) is 4.79 Å². The standard InChI is InChI=1S/C20H21N5O3/c1-13-7-16(23-27-13)12-24-11-15(10-22-24)17-8-18-14(9-21-17)5-6-25(18)28-19(26)20(2,3)4/h5-11H,12H2,1-4H3. The second-order valence-electron chi connectivity index (χ2n) is 7.75. The van der Waals surface area contributed by atoms with Crippen LogP contribution in [0.2, 0.25) is 0 Å². The zero-order chi connectivity index (χ0) is 19.9. The molecule has 0 bridgehead atoms. The van der Waals surface area contributed by atoms with Crippen molar-refractivity contribution >= 4 is 16.9 Å². The smallest absolute Gasteiger partial charge is 0.338 e. The molecule has 0 aliphatic heterocycles. The fourth-order valence-electron chi connectivity index (χ4n) is 2.71. The summed E-state index contributed by atoms with van der Waals surface area (Å²) in [6.45, 7) is 7.82. The Morgan fingerprint density at radius 1 is 1.25 bits per heavy atom. The van der Waals surface area contributed by atoms with Crippen LogP contribution in [-0.4, -0.2) is 30.6 Å². The Bertz CT molecular complexity index is 1150. The molecule has 4 rings (SSSR count). The van der Waals surface area contributed by atoms with E-state index < -0.39 is 5.41 Å². The highest BCUT2D eigenvalue weighted by Gasteiger charge is 2.24. The molecule has 4 aromatic heterocycles. The fraction of sp³-hybridized carbons (Fsp3) is 0.300. The van der Waals surface area contributed by atoms with E-state index in [1.807, 2.05) is 52.1 Å². The molecule has 0 aliphatic rings. The molecule has 0 atom stereocenters. The van der Waals surface area contributed by atoms with Crippen molar-refractivity contribution in [2.75, 3.05) is 0 Å². The van der Waals surface area contributed by atoms with Crippen molar-refractivity contribution in [2.24, 2.45) is 5.41 Å². The molecule has 0 radical (unpaired) electrons. The van der Waals surface area contributed by atoms with Gasteiger partial charge in [-0.2, -0.15) is 9.83 Å². The van der Waals surface area contributed by atoms with Gasteiger partial charge < -0.3 is 9.36 Å². The first-order chi connectivity index (χ1) is 13.3. The number of fused-ring (bicyclic) bond motifs is 1. The van der Waals surface area contributed by atoms with Gasteiger partial charge in [0.2, 0.25) is 0 Å². The van der Waals surface area contributed by atoms with Gasteiger partial charge in [0.1, 0.15) is 11.5 Å². The van der Waals surface area contributed by atoms with E-state index >= 15 is 0 Å². The minimum absolute atomic E-state index is 0.306. The maximum absolute atomic E-state index is 12.2. The molecular weight excluding hydrogens is 358 g/mol. The molecule has 28 heavy (non-hydrogen) atoms. The summed E-state index contributed by atoms with van der Waals surface area (Å²) >= 11 is 0. The number of carbonyl (C=O) groups excluding carboxylic acids is 1. The van der Waals surface area contributed by atoms with Crippen LogP contribution in [-0.2, 0) is 11.3 Å². The lowest BCUT2D eigenvalue weighted by Crippen LogP contribution is -2.30. The van der Waals surface area contributed by atoms with Crippen LogP contribution in [0, 0.1) is 12.3 Å². The maximum Gasteiger partial charge on any atom is 0.338 e. The first-order valence-corrected chi connectivity index (χ1v) is 8.94. The van der Waals surface area contributed by atoms with Crippen LogP contribution in [0.1, 0.15) is 32.2 Å². The highest BCUT2D eigenvalue weighted by Crippen LogP contribution is 2.23. The zero-order valence-corrected chi connectivity index (χ0v) is 16.2. The van der Waals surface area contributed by atoms with Crippen molar-refractivity contribution in [3.8, 4) is 11.3 Å². The summed E-state index contributed by atoms with van der Waals surface area (Å²) in [6, 6.07) is 5.62. The number of hydrogen-bond acceptors (Lipinski definition) is 6. The lowest BCUT2D eigenvalue weighted by Gasteiger charge is -2.16. The van der Waals surface area contributed by atoms with Gasteiger partial charge in [-0.15, -0.1) is 0 Å². The average Bonchev–Trinajstić information content (AvgIpc) is 3.35. The van der Waals surface area contributed by atoms with Gasteiger partial charge >= 0.3 is 5.97 Å². The summed E-state index contributed by atoms with van der Waals surface area (Å²) in [5, 5.41) is 9.24. The van der Waals surface area contributed by atoms with Gasteiger partial charge in [0.15, 0.2) is 0 Å². The molecule has 0 aliphatic carbocycles. The second kappa shape index (κ2) is 6.63. The third-order valence-electron chi connectivity index (χ3n) is 4.26. The molecule has 0 aromatic carbocycles. The number of nitrogens with zero attached hydrogens (tertiary/aromatic N) is 5. The zero-order valence-electron chi connectivity index (χ0n) is 16.2. The number of aryl methyl sites for hydroxylation is 1. The minimum Gasteiger partial charge on any atom is -0.361 e. The average molecular weight is 379 g/mol. The van der Waals surface area contributed by atoms with Crippen molar-refractivity contribution in [3.63, 3.8) is 0 Å². The van der Waals surface area contributed by atoms with Gasteiger partial charge in [0.25, 0.3) is 0 Å². The molecule has 0 spiro atoms. The molecule has 0 saturated carbocycles. The topological polar surface area (TPSA) is 88.0 Å². The largest absolute Gasteiger partial charge is 0.361 e. The Morgan fingerprint density at radius 3 is 2.79 bits per heavy atom. The van der Waals surface area contributed by atoms with Crippen LogP contribution in [0.15, 0.2) is 47.5 Å². The Balaban J connectivity index is 1.61. The van der Waals surface area contributed by atoms with Gasteiger partial charge in [-0.3, -0.25) is 9.67 Å². The van der Waals surface area contributed by atoms with Crippen LogP contribution in [0.5, 0.6) is 0 Å². The number of rotatable bonds is 4. The summed E-state index contributed by atoms with van der Waals surface area (Å²) in [5.74, 6) is 0.458. The van der Waals surface area contributed by atoms with Crippen LogP contribution in [0.3, 0.4) is 0 Å². The summed E-state index contributed by atoms with van der Waals surface area (Å²) in [5.41, 5.74) is 2.58. The highest BCUT2D eigenvalue weighted by molar-refractivity contribution is 5.84. The van der Waals surface area contributed by atoms with E-state index in [1.165, 1.54) is 4.73 Å². The number of pyridine rings is 1. The van der Waals surface area contributed by atoms with E-state index in [-0.39, 0.29) is 5.97 Å². The first-order valence-electron chi connectivity index (χ1n) is 8.94. The van der Waals surface area contributed by atoms with E-state index in [2.05, 4.69) is 15.2 Å². The molecule has 8 heteroatoms. The van der Waals surface area contributed by atoms with Gasteiger partial charge in [0.05, 0.1) is 29.4 Å². The lowest BCUT2D eigenvalue weighted by atomic mass is 9.98. The number of aromatic nitrogens is 5. The second-order valence-corrected chi connectivity index (χ2v) is 7.75. The molecule has 0 amide bonds. The Kier molecular flexibility index (Phi) is 4.26. The van der Waals surface area contributed by atoms with Crippen molar-refractivity contribution in [1.82, 2.24) is 24.7 Å². The van der Waals surface area contributed by atoms with Crippen LogP contribution >= 0.6 is 0 Å². The summed E-state index contributed by atoms with van der Waals surface area (Å²) in [6.07, 6.45) is 7.11. The Hall–Kier alpha value is -3.42. The lowest BCUT2D eigenvalue weighted by molar-refractivity contribution is -0.152. The van der Waals surface area contributed by atoms with E-state index in [1.54, 1.807) is 23.3 Å². The normalized spacial score (nSPS) is 11.9. The third-order valence-corrected chi connectivity index (χ3v) is 4.26. The number of carbonyl (C=O) groups is 1. The molecular formula is C20H21N5O3. The van der Waals surface area contributed by atoms with Gasteiger partial charge in [0, 0.05) is 35.6 Å². The molecule has 144 valence electrons. The van der Waals surface area contributed by atoms with Crippen molar-refractivity contribution in [1.29, 1.82) is 0 Å². The first kappa shape index (κ1) is 18.0. The van der Waals surface area contributed by atoms with Crippen LogP contribution in [0.25, 0.3) is 22.2 Å². The minimum atomic E-state index is -0.590. The number of hydrogen-bond donors (Lipinski definition) is 0. The highest BCUT2D eigenvalue weighted by atomic mass is 16.7. The molecule has 4 aromatic rings. The van der Waals surface area contributed by atoms with E-state index in [4.69, 9.17) is 9.36 Å². The van der Waals surface area contributed by atoms with Crippen molar-refractivity contribution < 1.29 is 14.2 Å². The quantitative estimate of drug-likeness (QED) is 0.541. The van der Waals surface area contributed by atoms with Crippen molar-refractivity contribution in [3.05, 3.63) is 54.4 Å². The van der Waals surface area contributed by atoms with Gasteiger partial charge in [-0.05, 0) is 39.8 Å². The summed E-state index contributed by atoms with van der Waals surface area (Å²) in [7, 11) is 0. The predicted molar refractivity (Wildman–Crippen MR) is 102 cm³/mol. The molecule has 0 fully saturated rings.